The van der Waals surface area contributed by atoms with Crippen molar-refractivity contribution in [1.82, 2.24) is 5.32 Å². The van der Waals surface area contributed by atoms with Gasteiger partial charge in [0.25, 0.3) is 0 Å². The number of urea groups is 1. The number of carbonyl (C=O) groups is 1. The average molecular weight is 287 g/mol. The number of nitrogens with one attached hydrogen (secondary N) is 2. The van der Waals surface area contributed by atoms with Gasteiger partial charge in [-0.25, -0.2) is 4.79 Å². The summed E-state index contributed by atoms with van der Waals surface area (Å²) in [5.74, 6) is -0.363. The molecular formula is C12H12F3N3O2. The second-order valence-corrected chi connectivity index (χ2v) is 3.71. The number of amides is 2. The van der Waals surface area contributed by atoms with E-state index in [2.05, 4.69) is 15.4 Å². The van der Waals surface area contributed by atoms with Gasteiger partial charge in [-0.15, -0.1) is 13.2 Å². The SMILES string of the molecule is N#CCCCNC(=O)Nc1ccc(OC(F)(F)F)cc1. The fourth-order valence-electron chi connectivity index (χ4n) is 1.28. The van der Waals surface area contributed by atoms with Crippen molar-refractivity contribution in [3.05, 3.63) is 24.3 Å². The highest BCUT2D eigenvalue weighted by molar-refractivity contribution is 5.89. The maximum absolute atomic E-state index is 11.9. The summed E-state index contributed by atoms with van der Waals surface area (Å²) in [7, 11) is 0. The molecule has 0 saturated heterocycles. The molecule has 108 valence electrons. The number of halogens is 3. The molecule has 0 unspecified atom stereocenters. The van der Waals surface area contributed by atoms with Crippen molar-refractivity contribution in [3.8, 4) is 11.8 Å². The van der Waals surface area contributed by atoms with E-state index in [9.17, 15) is 18.0 Å². The Morgan fingerprint density at radius 3 is 2.50 bits per heavy atom. The van der Waals surface area contributed by atoms with Gasteiger partial charge < -0.3 is 15.4 Å². The molecule has 0 aromatic heterocycles. The highest BCUT2D eigenvalue weighted by atomic mass is 19.4. The maximum Gasteiger partial charge on any atom is 0.573 e. The Kier molecular flexibility index (Phi) is 5.65. The number of nitriles is 1. The van der Waals surface area contributed by atoms with Crippen LogP contribution in [0.5, 0.6) is 5.75 Å². The molecule has 1 aromatic rings. The number of alkyl halides is 3. The molecule has 1 aromatic carbocycles. The Bertz CT molecular complexity index is 480. The minimum Gasteiger partial charge on any atom is -0.406 e. The summed E-state index contributed by atoms with van der Waals surface area (Å²) in [6, 6.07) is 6.21. The van der Waals surface area contributed by atoms with Gasteiger partial charge in [0.05, 0.1) is 6.07 Å². The standard InChI is InChI=1S/C12H12F3N3O2/c13-12(14,15)20-10-5-3-9(4-6-10)18-11(19)17-8-2-1-7-16/h3-6H,1-2,8H2,(H2,17,18,19). The van der Waals surface area contributed by atoms with Gasteiger partial charge in [0.2, 0.25) is 0 Å². The zero-order valence-corrected chi connectivity index (χ0v) is 10.3. The number of hydrogen-bond acceptors (Lipinski definition) is 3. The molecule has 20 heavy (non-hydrogen) atoms. The highest BCUT2D eigenvalue weighted by Crippen LogP contribution is 2.23. The smallest absolute Gasteiger partial charge is 0.406 e. The number of rotatable bonds is 5. The molecule has 2 N–H and O–H groups in total. The van der Waals surface area contributed by atoms with Crippen molar-refractivity contribution in [2.75, 3.05) is 11.9 Å². The summed E-state index contributed by atoms with van der Waals surface area (Å²) >= 11 is 0. The molecule has 0 aliphatic rings. The van der Waals surface area contributed by atoms with Gasteiger partial charge in [-0.05, 0) is 30.7 Å². The van der Waals surface area contributed by atoms with E-state index in [4.69, 9.17) is 5.26 Å². The zero-order chi connectivity index (χ0) is 15.0. The molecule has 0 radical (unpaired) electrons. The summed E-state index contributed by atoms with van der Waals surface area (Å²) in [5.41, 5.74) is 0.331. The molecular weight excluding hydrogens is 275 g/mol. The van der Waals surface area contributed by atoms with Gasteiger partial charge in [0.15, 0.2) is 0 Å². The molecule has 0 spiro atoms. The van der Waals surface area contributed by atoms with E-state index >= 15 is 0 Å². The Labute approximate surface area is 113 Å². The first-order chi connectivity index (χ1) is 9.40. The molecule has 1 rings (SSSR count). The largest absolute Gasteiger partial charge is 0.573 e. The van der Waals surface area contributed by atoms with Crippen LogP contribution in [0.25, 0.3) is 0 Å². The summed E-state index contributed by atoms with van der Waals surface area (Å²) < 4.78 is 39.5. The van der Waals surface area contributed by atoms with Gasteiger partial charge in [-0.2, -0.15) is 5.26 Å². The Morgan fingerprint density at radius 1 is 1.30 bits per heavy atom. The second-order valence-electron chi connectivity index (χ2n) is 3.71. The van der Waals surface area contributed by atoms with Crippen LogP contribution in [0.1, 0.15) is 12.8 Å². The van der Waals surface area contributed by atoms with Crippen LogP contribution in [0.15, 0.2) is 24.3 Å². The summed E-state index contributed by atoms with van der Waals surface area (Å²) in [5, 5.41) is 13.2. The van der Waals surface area contributed by atoms with Crippen LogP contribution in [-0.2, 0) is 0 Å². The molecule has 5 nitrogen and oxygen atoms in total. The number of unbranched alkanes of at least 4 members (excludes halogenated alkanes) is 1. The van der Waals surface area contributed by atoms with E-state index in [-0.39, 0.29) is 5.75 Å². The number of hydrogen-bond donors (Lipinski definition) is 2. The van der Waals surface area contributed by atoms with E-state index in [1.165, 1.54) is 12.1 Å². The Hall–Kier alpha value is -2.43. The first-order valence-corrected chi connectivity index (χ1v) is 5.68. The molecule has 0 heterocycles. The van der Waals surface area contributed by atoms with Gasteiger partial charge >= 0.3 is 12.4 Å². The van der Waals surface area contributed by atoms with E-state index in [1.54, 1.807) is 0 Å². The van der Waals surface area contributed by atoms with Crippen LogP contribution < -0.4 is 15.4 Å². The zero-order valence-electron chi connectivity index (χ0n) is 10.3. The van der Waals surface area contributed by atoms with Crippen molar-refractivity contribution in [1.29, 1.82) is 5.26 Å². The number of nitrogens with zero attached hydrogens (tertiary/aromatic N) is 1. The third-order valence-corrected chi connectivity index (χ3v) is 2.10. The van der Waals surface area contributed by atoms with Crippen LogP contribution in [0.2, 0.25) is 0 Å². The topological polar surface area (TPSA) is 74.2 Å². The highest BCUT2D eigenvalue weighted by Gasteiger charge is 2.30. The fourth-order valence-corrected chi connectivity index (χ4v) is 1.28. The average Bonchev–Trinajstić information content (AvgIpc) is 2.35. The van der Waals surface area contributed by atoms with Crippen LogP contribution in [-0.4, -0.2) is 18.9 Å². The molecule has 8 heteroatoms. The van der Waals surface area contributed by atoms with Crippen LogP contribution >= 0.6 is 0 Å². The quantitative estimate of drug-likeness (QED) is 0.817. The van der Waals surface area contributed by atoms with Crippen molar-refractivity contribution < 1.29 is 22.7 Å². The summed E-state index contributed by atoms with van der Waals surface area (Å²) in [6.45, 7) is 0.342. The predicted molar refractivity (Wildman–Crippen MR) is 65.0 cm³/mol. The molecule has 0 bridgehead atoms. The van der Waals surface area contributed by atoms with Crippen molar-refractivity contribution in [2.24, 2.45) is 0 Å². The maximum atomic E-state index is 11.9. The van der Waals surface area contributed by atoms with Crippen LogP contribution in [0.4, 0.5) is 23.7 Å². The molecule has 0 aliphatic carbocycles. The monoisotopic (exact) mass is 287 g/mol. The van der Waals surface area contributed by atoms with Gasteiger partial charge in [0, 0.05) is 18.7 Å². The summed E-state index contributed by atoms with van der Waals surface area (Å²) in [6.07, 6.45) is -3.88. The lowest BCUT2D eigenvalue weighted by Gasteiger charge is -2.10. The van der Waals surface area contributed by atoms with Gasteiger partial charge in [0.1, 0.15) is 5.75 Å². The lowest BCUT2D eigenvalue weighted by molar-refractivity contribution is -0.274. The van der Waals surface area contributed by atoms with E-state index in [1.807, 2.05) is 6.07 Å². The Morgan fingerprint density at radius 2 is 1.95 bits per heavy atom. The fraction of sp³-hybridized carbons (Fsp3) is 0.333. The minimum atomic E-state index is -4.74. The molecule has 0 fully saturated rings. The van der Waals surface area contributed by atoms with Crippen LogP contribution in [0.3, 0.4) is 0 Å². The lowest BCUT2D eigenvalue weighted by Crippen LogP contribution is -2.29. The lowest BCUT2D eigenvalue weighted by atomic mass is 10.3. The van der Waals surface area contributed by atoms with Gasteiger partial charge in [-0.1, -0.05) is 0 Å². The van der Waals surface area contributed by atoms with Gasteiger partial charge in [-0.3, -0.25) is 0 Å². The first-order valence-electron chi connectivity index (χ1n) is 5.68. The third kappa shape index (κ3) is 6.49. The summed E-state index contributed by atoms with van der Waals surface area (Å²) in [4.78, 5) is 11.4. The number of benzene rings is 1. The van der Waals surface area contributed by atoms with E-state index < -0.39 is 12.4 Å². The minimum absolute atomic E-state index is 0.331. The number of ether oxygens (including phenoxy) is 1. The molecule has 0 saturated carbocycles. The van der Waals surface area contributed by atoms with Crippen LogP contribution in [0, 0.1) is 11.3 Å². The van der Waals surface area contributed by atoms with Crippen molar-refractivity contribution in [3.63, 3.8) is 0 Å². The molecule has 2 amide bonds. The molecule has 0 aliphatic heterocycles. The first kappa shape index (κ1) is 15.6. The number of carbonyl (C=O) groups excluding carboxylic acids is 1. The number of anilines is 1. The van der Waals surface area contributed by atoms with Crippen molar-refractivity contribution >= 4 is 11.7 Å². The Balaban J connectivity index is 2.41. The van der Waals surface area contributed by atoms with E-state index in [0.717, 1.165) is 12.1 Å². The van der Waals surface area contributed by atoms with E-state index in [0.29, 0.717) is 25.1 Å². The van der Waals surface area contributed by atoms with Crippen molar-refractivity contribution in [2.45, 2.75) is 19.2 Å². The predicted octanol–water partition coefficient (Wildman–Crippen LogP) is 3.01. The molecule has 0 atom stereocenters. The normalized spacial score (nSPS) is 10.5. The third-order valence-electron chi connectivity index (χ3n) is 2.10. The second kappa shape index (κ2) is 7.23.